The molecule has 108 valence electrons. The Morgan fingerprint density at radius 1 is 1.15 bits per heavy atom. The number of rotatable bonds is 2. The predicted octanol–water partition coefficient (Wildman–Crippen LogP) is 2.65. The Bertz CT molecular complexity index is 645. The number of anilines is 1. The molecule has 0 aromatic carbocycles. The van der Waals surface area contributed by atoms with E-state index in [-0.39, 0.29) is 11.6 Å². The quantitative estimate of drug-likeness (QED) is 0.921. The molecule has 5 nitrogen and oxygen atoms in total. The molecule has 2 aromatic rings. The van der Waals surface area contributed by atoms with Gasteiger partial charge < -0.3 is 5.32 Å². The normalized spacial score (nSPS) is 11.8. The highest BCUT2D eigenvalue weighted by Gasteiger charge is 2.35. The van der Waals surface area contributed by atoms with Gasteiger partial charge in [-0.2, -0.15) is 18.3 Å². The molecule has 0 unspecified atom stereocenters. The van der Waals surface area contributed by atoms with Crippen LogP contribution < -0.4 is 5.32 Å². The van der Waals surface area contributed by atoms with Gasteiger partial charge in [-0.25, -0.2) is 14.6 Å². The first-order valence-corrected chi connectivity index (χ1v) is 5.91. The average Bonchev–Trinajstić information content (AvgIpc) is 2.65. The van der Waals surface area contributed by atoms with Crippen molar-refractivity contribution in [1.29, 1.82) is 0 Å². The van der Waals surface area contributed by atoms with Gasteiger partial charge in [0.05, 0.1) is 5.69 Å². The number of aryl methyl sites for hydroxylation is 1. The lowest BCUT2D eigenvalue weighted by atomic mass is 10.2. The molecular weight excluding hydrogens is 271 g/mol. The van der Waals surface area contributed by atoms with Gasteiger partial charge in [0.2, 0.25) is 5.82 Å². The van der Waals surface area contributed by atoms with E-state index in [0.29, 0.717) is 0 Å². The van der Waals surface area contributed by atoms with Crippen LogP contribution >= 0.6 is 0 Å². The topological polar surface area (TPSA) is 55.6 Å². The largest absolute Gasteiger partial charge is 0.451 e. The number of halogens is 3. The van der Waals surface area contributed by atoms with Crippen LogP contribution in [0.15, 0.2) is 6.07 Å². The van der Waals surface area contributed by atoms with Gasteiger partial charge in [0, 0.05) is 18.8 Å². The molecule has 0 fully saturated rings. The van der Waals surface area contributed by atoms with Crippen LogP contribution in [0.4, 0.5) is 19.0 Å². The first kappa shape index (κ1) is 14.3. The first-order valence-electron chi connectivity index (χ1n) is 5.91. The van der Waals surface area contributed by atoms with Crippen LogP contribution in [-0.4, -0.2) is 26.8 Å². The minimum absolute atomic E-state index is 0.0883. The highest BCUT2D eigenvalue weighted by atomic mass is 19.4. The molecule has 0 atom stereocenters. The van der Waals surface area contributed by atoms with Crippen LogP contribution in [0.25, 0.3) is 5.82 Å². The van der Waals surface area contributed by atoms with Gasteiger partial charge in [-0.05, 0) is 26.3 Å². The Balaban J connectivity index is 2.64. The molecule has 20 heavy (non-hydrogen) atoms. The zero-order valence-corrected chi connectivity index (χ0v) is 11.5. The molecule has 0 saturated carbocycles. The summed E-state index contributed by atoms with van der Waals surface area (Å²) in [6.07, 6.45) is -4.60. The Morgan fingerprint density at radius 2 is 1.80 bits per heavy atom. The van der Waals surface area contributed by atoms with Crippen molar-refractivity contribution in [2.75, 3.05) is 12.4 Å². The van der Waals surface area contributed by atoms with Crippen molar-refractivity contribution in [2.45, 2.75) is 26.9 Å². The summed E-state index contributed by atoms with van der Waals surface area (Å²) >= 11 is 0. The summed E-state index contributed by atoms with van der Waals surface area (Å²) < 4.78 is 39.8. The summed E-state index contributed by atoms with van der Waals surface area (Å²) in [7, 11) is 1.50. The molecule has 0 aliphatic carbocycles. The fourth-order valence-corrected chi connectivity index (χ4v) is 1.74. The van der Waals surface area contributed by atoms with Crippen molar-refractivity contribution in [2.24, 2.45) is 0 Å². The molecule has 0 saturated heterocycles. The van der Waals surface area contributed by atoms with Crippen LogP contribution in [0.1, 0.15) is 22.8 Å². The van der Waals surface area contributed by atoms with Gasteiger partial charge in [-0.3, -0.25) is 0 Å². The van der Waals surface area contributed by atoms with Crippen molar-refractivity contribution >= 4 is 5.82 Å². The Labute approximate surface area is 113 Å². The molecule has 0 amide bonds. The first-order chi connectivity index (χ1) is 9.24. The van der Waals surface area contributed by atoms with Crippen molar-refractivity contribution in [3.63, 3.8) is 0 Å². The molecule has 8 heteroatoms. The zero-order chi connectivity index (χ0) is 15.1. The lowest BCUT2D eigenvalue weighted by Crippen LogP contribution is -2.15. The number of nitrogens with zero attached hydrogens (tertiary/aromatic N) is 4. The summed E-state index contributed by atoms with van der Waals surface area (Å²) in [5.74, 6) is -1.01. The fraction of sp³-hybridized carbons (Fsp3) is 0.417. The second kappa shape index (κ2) is 4.77. The lowest BCUT2D eigenvalue weighted by Gasteiger charge is -2.11. The maximum absolute atomic E-state index is 12.8. The Hall–Kier alpha value is -2.12. The Morgan fingerprint density at radius 3 is 2.25 bits per heavy atom. The molecule has 0 aliphatic heterocycles. The number of aromatic nitrogens is 4. The average molecular weight is 285 g/mol. The highest BCUT2D eigenvalue weighted by Crippen LogP contribution is 2.28. The minimum atomic E-state index is -4.60. The highest BCUT2D eigenvalue weighted by molar-refractivity contribution is 5.43. The standard InChI is InChI=1S/C12H14F3N5/c1-6-7(2)19-20(8(6)3)10-5-9(16-4)17-11(18-10)12(13,14)15/h5H,1-4H3,(H,16,17,18). The second-order valence-electron chi connectivity index (χ2n) is 4.39. The molecule has 0 bridgehead atoms. The van der Waals surface area contributed by atoms with E-state index >= 15 is 0 Å². The van der Waals surface area contributed by atoms with E-state index in [2.05, 4.69) is 20.4 Å². The molecule has 2 aromatic heterocycles. The number of nitrogens with one attached hydrogen (secondary N) is 1. The molecular formula is C12H14F3N5. The predicted molar refractivity (Wildman–Crippen MR) is 67.9 cm³/mol. The van der Waals surface area contributed by atoms with Crippen molar-refractivity contribution in [1.82, 2.24) is 19.7 Å². The monoisotopic (exact) mass is 285 g/mol. The van der Waals surface area contributed by atoms with Gasteiger partial charge >= 0.3 is 6.18 Å². The van der Waals surface area contributed by atoms with Crippen molar-refractivity contribution < 1.29 is 13.2 Å². The van der Waals surface area contributed by atoms with Crippen LogP contribution in [-0.2, 0) is 6.18 Å². The van der Waals surface area contributed by atoms with Gasteiger partial charge in [0.25, 0.3) is 0 Å². The van der Waals surface area contributed by atoms with Gasteiger partial charge in [0.15, 0.2) is 5.82 Å². The van der Waals surface area contributed by atoms with Gasteiger partial charge in [0.1, 0.15) is 5.82 Å². The smallest absolute Gasteiger partial charge is 0.373 e. The van der Waals surface area contributed by atoms with Crippen molar-refractivity contribution in [3.05, 3.63) is 28.8 Å². The molecule has 0 radical (unpaired) electrons. The third kappa shape index (κ3) is 2.45. The third-order valence-electron chi connectivity index (χ3n) is 3.09. The van der Waals surface area contributed by atoms with Crippen molar-refractivity contribution in [3.8, 4) is 5.82 Å². The van der Waals surface area contributed by atoms with Gasteiger partial charge in [-0.15, -0.1) is 0 Å². The van der Waals surface area contributed by atoms with E-state index in [4.69, 9.17) is 0 Å². The summed E-state index contributed by atoms with van der Waals surface area (Å²) in [4.78, 5) is 6.98. The molecule has 1 N–H and O–H groups in total. The number of hydrogen-bond donors (Lipinski definition) is 1. The van der Waals surface area contributed by atoms with E-state index in [1.165, 1.54) is 17.8 Å². The van der Waals surface area contributed by atoms with Crippen LogP contribution in [0.2, 0.25) is 0 Å². The molecule has 0 aliphatic rings. The minimum Gasteiger partial charge on any atom is -0.373 e. The van der Waals surface area contributed by atoms with Crippen LogP contribution in [0.3, 0.4) is 0 Å². The fourth-order valence-electron chi connectivity index (χ4n) is 1.74. The van der Waals surface area contributed by atoms with E-state index in [9.17, 15) is 13.2 Å². The third-order valence-corrected chi connectivity index (χ3v) is 3.09. The number of alkyl halides is 3. The second-order valence-corrected chi connectivity index (χ2v) is 4.39. The van der Waals surface area contributed by atoms with E-state index in [0.717, 1.165) is 17.0 Å². The van der Waals surface area contributed by atoms with E-state index < -0.39 is 12.0 Å². The number of hydrogen-bond acceptors (Lipinski definition) is 4. The Kier molecular flexibility index (Phi) is 3.41. The zero-order valence-electron chi connectivity index (χ0n) is 11.5. The maximum Gasteiger partial charge on any atom is 0.451 e. The summed E-state index contributed by atoms with van der Waals surface area (Å²) in [6, 6.07) is 1.42. The molecule has 2 rings (SSSR count). The van der Waals surface area contributed by atoms with E-state index in [1.807, 2.05) is 6.92 Å². The summed E-state index contributed by atoms with van der Waals surface area (Å²) in [6.45, 7) is 5.44. The lowest BCUT2D eigenvalue weighted by molar-refractivity contribution is -0.144. The molecule has 0 spiro atoms. The van der Waals surface area contributed by atoms with Crippen LogP contribution in [0.5, 0.6) is 0 Å². The van der Waals surface area contributed by atoms with Gasteiger partial charge in [-0.1, -0.05) is 0 Å². The van der Waals surface area contributed by atoms with E-state index in [1.54, 1.807) is 13.8 Å². The molecule has 2 heterocycles. The maximum atomic E-state index is 12.8. The summed E-state index contributed by atoms with van der Waals surface area (Å²) in [5.41, 5.74) is 2.42. The van der Waals surface area contributed by atoms with Crippen LogP contribution in [0, 0.1) is 20.8 Å². The summed E-state index contributed by atoms with van der Waals surface area (Å²) in [5, 5.41) is 6.81. The SMILES string of the molecule is CNc1cc(-n2nc(C)c(C)c2C)nc(C(F)(F)F)n1.